The number of carbonyl (C=O) groups is 1. The number of hydrogen-bond donors (Lipinski definition) is 2. The third-order valence-electron chi connectivity index (χ3n) is 4.21. The number of anilines is 1. The van der Waals surface area contributed by atoms with Crippen LogP contribution in [0.15, 0.2) is 67.0 Å². The van der Waals surface area contributed by atoms with Crippen LogP contribution in [0.5, 0.6) is 0 Å². The summed E-state index contributed by atoms with van der Waals surface area (Å²) in [5.74, 6) is 0.0767. The zero-order chi connectivity index (χ0) is 17.5. The van der Waals surface area contributed by atoms with Crippen molar-refractivity contribution in [3.8, 4) is 0 Å². The van der Waals surface area contributed by atoms with Gasteiger partial charge in [-0.3, -0.25) is 4.79 Å². The summed E-state index contributed by atoms with van der Waals surface area (Å²) in [5, 5.41) is 8.79. The molecular weight excluding hydrogens is 390 g/mol. The number of aryl methyl sites for hydroxylation is 2. The first kappa shape index (κ1) is 19.9. The zero-order valence-electron chi connectivity index (χ0n) is 14.9. The Morgan fingerprint density at radius 1 is 0.962 bits per heavy atom. The van der Waals surface area contributed by atoms with E-state index in [1.54, 1.807) is 0 Å². The number of pyridine rings is 1. The monoisotopic (exact) mass is 413 g/mol. The number of nitrogens with one attached hydrogen (secondary N) is 2. The minimum absolute atomic E-state index is 0. The average Bonchev–Trinajstić information content (AvgIpc) is 2.65. The fourth-order valence-corrected chi connectivity index (χ4v) is 2.78. The molecule has 2 aromatic carbocycles. The van der Waals surface area contributed by atoms with Crippen LogP contribution in [-0.2, 0) is 11.3 Å². The van der Waals surface area contributed by atoms with Gasteiger partial charge in [0.25, 0.3) is 0 Å². The minimum atomic E-state index is 0. The molecule has 1 aromatic heterocycles. The number of amides is 1. The Morgan fingerprint density at radius 3 is 2.50 bits per heavy atom. The second-order valence-electron chi connectivity index (χ2n) is 6.17. The number of hydrogen-bond acceptors (Lipinski definition) is 2. The molecule has 136 valence electrons. The van der Waals surface area contributed by atoms with Crippen molar-refractivity contribution in [2.45, 2.75) is 19.9 Å². The fourth-order valence-electron chi connectivity index (χ4n) is 2.78. The van der Waals surface area contributed by atoms with E-state index in [1.165, 1.54) is 16.3 Å². The van der Waals surface area contributed by atoms with Crippen LogP contribution >= 0.6 is 0 Å². The Balaban J connectivity index is 0.00000243. The summed E-state index contributed by atoms with van der Waals surface area (Å²) >= 11 is 0. The lowest BCUT2D eigenvalue weighted by atomic mass is 10.1. The highest BCUT2D eigenvalue weighted by Gasteiger charge is 2.06. The van der Waals surface area contributed by atoms with Gasteiger partial charge >= 0.3 is 0 Å². The van der Waals surface area contributed by atoms with Crippen molar-refractivity contribution in [3.05, 3.63) is 72.6 Å². The number of benzene rings is 2. The van der Waals surface area contributed by atoms with E-state index in [0.29, 0.717) is 26.1 Å². The Kier molecular flexibility index (Phi) is 7.60. The zero-order valence-corrected chi connectivity index (χ0v) is 16.5. The maximum atomic E-state index is 12.0. The van der Waals surface area contributed by atoms with Gasteiger partial charge in [-0.05, 0) is 23.9 Å². The molecule has 2 N–H and O–H groups in total. The van der Waals surface area contributed by atoms with E-state index in [2.05, 4.69) is 41.8 Å². The van der Waals surface area contributed by atoms with Gasteiger partial charge in [0, 0.05) is 36.3 Å². The molecule has 0 aliphatic carbocycles. The van der Waals surface area contributed by atoms with Gasteiger partial charge in [0.15, 0.2) is 18.9 Å². The second-order valence-corrected chi connectivity index (χ2v) is 6.17. The van der Waals surface area contributed by atoms with Crippen LogP contribution in [0.25, 0.3) is 10.8 Å². The Bertz CT molecular complexity index is 844. The summed E-state index contributed by atoms with van der Waals surface area (Å²) in [7, 11) is 0. The molecule has 0 saturated carbocycles. The van der Waals surface area contributed by atoms with Crippen molar-refractivity contribution >= 4 is 22.4 Å². The van der Waals surface area contributed by atoms with E-state index < -0.39 is 0 Å². The molecule has 3 rings (SSSR count). The molecule has 0 fully saturated rings. The van der Waals surface area contributed by atoms with Gasteiger partial charge in [-0.1, -0.05) is 36.4 Å². The first-order chi connectivity index (χ1) is 12.2. The van der Waals surface area contributed by atoms with Crippen molar-refractivity contribution in [3.63, 3.8) is 0 Å². The average molecular weight is 414 g/mol. The van der Waals surface area contributed by atoms with Crippen LogP contribution in [0.4, 0.5) is 5.69 Å². The van der Waals surface area contributed by atoms with Gasteiger partial charge in [0.1, 0.15) is 0 Å². The topological polar surface area (TPSA) is 45.0 Å². The molecule has 0 saturated heterocycles. The van der Waals surface area contributed by atoms with E-state index in [0.717, 1.165) is 5.69 Å². The normalized spacial score (nSPS) is 10.2. The van der Waals surface area contributed by atoms with Gasteiger partial charge < -0.3 is 27.6 Å². The first-order valence-corrected chi connectivity index (χ1v) is 8.66. The summed E-state index contributed by atoms with van der Waals surface area (Å²) < 4.78 is 2.03. The second kappa shape index (κ2) is 9.92. The van der Waals surface area contributed by atoms with Crippen LogP contribution in [0.1, 0.15) is 12.0 Å². The lowest BCUT2D eigenvalue weighted by molar-refractivity contribution is -0.695. The molecule has 3 aromatic rings. The molecule has 26 heavy (non-hydrogen) atoms. The molecule has 0 bridgehead atoms. The third-order valence-corrected chi connectivity index (χ3v) is 4.21. The summed E-state index contributed by atoms with van der Waals surface area (Å²) in [4.78, 5) is 12.0. The summed E-state index contributed by atoms with van der Waals surface area (Å²) in [6.45, 7) is 4.07. The smallest absolute Gasteiger partial charge is 0.226 e. The van der Waals surface area contributed by atoms with Crippen LogP contribution in [0.2, 0.25) is 0 Å². The highest BCUT2D eigenvalue weighted by molar-refractivity contribution is 5.93. The quantitative estimate of drug-likeness (QED) is 0.424. The summed E-state index contributed by atoms with van der Waals surface area (Å²) in [6, 6.07) is 18.6. The van der Waals surface area contributed by atoms with Crippen molar-refractivity contribution in [2.24, 2.45) is 0 Å². The lowest BCUT2D eigenvalue weighted by Gasteiger charge is -2.10. The van der Waals surface area contributed by atoms with Gasteiger partial charge in [-0.2, -0.15) is 0 Å². The molecule has 1 heterocycles. The van der Waals surface area contributed by atoms with Crippen molar-refractivity contribution in [1.29, 1.82) is 0 Å². The molecule has 0 atom stereocenters. The Labute approximate surface area is 165 Å². The van der Waals surface area contributed by atoms with Gasteiger partial charge in [-0.25, -0.2) is 4.57 Å². The highest BCUT2D eigenvalue weighted by Crippen LogP contribution is 2.22. The van der Waals surface area contributed by atoms with Crippen molar-refractivity contribution in [2.75, 3.05) is 18.4 Å². The maximum Gasteiger partial charge on any atom is 0.226 e. The van der Waals surface area contributed by atoms with Crippen LogP contribution in [-0.4, -0.2) is 19.0 Å². The molecular formula is C21H24BrN3O. The number of nitrogens with zero attached hydrogens (tertiary/aromatic N) is 1. The predicted octanol–water partition coefficient (Wildman–Crippen LogP) is 0.0581. The molecule has 0 aliphatic rings. The number of halogens is 1. The van der Waals surface area contributed by atoms with Crippen LogP contribution < -0.4 is 32.2 Å². The largest absolute Gasteiger partial charge is 1.00 e. The van der Waals surface area contributed by atoms with Gasteiger partial charge in [0.2, 0.25) is 5.91 Å². The summed E-state index contributed by atoms with van der Waals surface area (Å²) in [6.07, 6.45) is 4.50. The summed E-state index contributed by atoms with van der Waals surface area (Å²) in [5.41, 5.74) is 2.32. The molecule has 0 unspecified atom stereocenters. The molecule has 0 radical (unpaired) electrons. The molecule has 1 amide bonds. The van der Waals surface area contributed by atoms with Crippen LogP contribution in [0.3, 0.4) is 0 Å². The molecule has 5 heteroatoms. The first-order valence-electron chi connectivity index (χ1n) is 8.66. The Morgan fingerprint density at radius 2 is 1.69 bits per heavy atom. The van der Waals surface area contributed by atoms with E-state index in [1.807, 2.05) is 47.3 Å². The van der Waals surface area contributed by atoms with Crippen molar-refractivity contribution in [1.82, 2.24) is 5.32 Å². The third kappa shape index (κ3) is 5.56. The van der Waals surface area contributed by atoms with E-state index in [4.69, 9.17) is 0 Å². The standard InChI is InChI=1S/C21H23N3O.BrH/c1-17-9-14-24(15-10-17)16-11-21(25)23-13-12-22-20-8-4-6-18-5-2-3-7-19(18)20;/h2-10,14-15,22H,11-13,16H2,1H3;1H. The maximum absolute atomic E-state index is 12.0. The number of rotatable bonds is 7. The van der Waals surface area contributed by atoms with E-state index in [-0.39, 0.29) is 22.9 Å². The fraction of sp³-hybridized carbons (Fsp3) is 0.238. The predicted molar refractivity (Wildman–Crippen MR) is 101 cm³/mol. The SMILES string of the molecule is Cc1cc[n+](CCC(=O)NCCNc2cccc3ccccc23)cc1.[Br-]. The molecule has 0 aliphatic heterocycles. The van der Waals surface area contributed by atoms with Gasteiger partial charge in [0.05, 0.1) is 6.42 Å². The van der Waals surface area contributed by atoms with Crippen molar-refractivity contribution < 1.29 is 26.3 Å². The minimum Gasteiger partial charge on any atom is -1.00 e. The molecule has 0 spiro atoms. The van der Waals surface area contributed by atoms with Crippen LogP contribution in [0, 0.1) is 6.92 Å². The number of fused-ring (bicyclic) bond motifs is 1. The molecule has 4 nitrogen and oxygen atoms in total. The van der Waals surface area contributed by atoms with E-state index >= 15 is 0 Å². The highest BCUT2D eigenvalue weighted by atomic mass is 79.9. The Hall–Kier alpha value is -2.40. The number of aromatic nitrogens is 1. The number of carbonyl (C=O) groups excluding carboxylic acids is 1. The lowest BCUT2D eigenvalue weighted by Crippen LogP contribution is -3.00. The van der Waals surface area contributed by atoms with E-state index in [9.17, 15) is 4.79 Å². The van der Waals surface area contributed by atoms with Gasteiger partial charge in [-0.15, -0.1) is 0 Å².